The fraction of sp³-hybridized carbons (Fsp3) is 0.596. The number of carbonyl (C=O) groups is 3. The number of hydrogen-bond donors (Lipinski definition) is 5. The molecule has 0 unspecified atom stereocenters. The molecule has 4 saturated heterocycles. The van der Waals surface area contributed by atoms with Gasteiger partial charge in [0.05, 0.1) is 23.5 Å². The van der Waals surface area contributed by atoms with Gasteiger partial charge in [0.15, 0.2) is 5.82 Å². The molecule has 3 amide bonds. The lowest BCUT2D eigenvalue weighted by Crippen LogP contribution is -2.61. The summed E-state index contributed by atoms with van der Waals surface area (Å²) in [6, 6.07) is 17.1. The molecule has 0 spiro atoms. The quantitative estimate of drug-likeness (QED) is 0.186. The number of para-hydroxylation sites is 1. The number of aliphatic hydroxyl groups is 1. The van der Waals surface area contributed by atoms with Crippen molar-refractivity contribution < 1.29 is 24.6 Å². The number of anilines is 2. The van der Waals surface area contributed by atoms with Gasteiger partial charge in [-0.15, -0.1) is 16.6 Å². The van der Waals surface area contributed by atoms with Gasteiger partial charge in [-0.3, -0.25) is 19.3 Å². The molecule has 0 bridgehead atoms. The third-order valence-electron chi connectivity index (χ3n) is 15.7. The molecule has 9 rings (SSSR count). The van der Waals surface area contributed by atoms with Crippen LogP contribution in [0.5, 0.6) is 5.75 Å². The van der Waals surface area contributed by atoms with Crippen molar-refractivity contribution in [2.24, 2.45) is 11.3 Å². The number of carbonyl (C=O) groups excluding carboxylic acids is 3. The molecule has 3 aromatic rings. The number of nitrogens with zero attached hydrogens (tertiary/aromatic N) is 7. The molecule has 0 radical (unpaired) electrons. The molecule has 15 heteroatoms. The largest absolute Gasteiger partial charge is 0.507 e. The van der Waals surface area contributed by atoms with E-state index in [0.717, 1.165) is 101 Å². The van der Waals surface area contributed by atoms with Crippen LogP contribution in [0.15, 0.2) is 54.6 Å². The van der Waals surface area contributed by atoms with Gasteiger partial charge in [0.25, 0.3) is 0 Å². The van der Waals surface area contributed by atoms with Crippen LogP contribution in [-0.4, -0.2) is 159 Å². The Morgan fingerprint density at radius 1 is 0.806 bits per heavy atom. The van der Waals surface area contributed by atoms with Crippen molar-refractivity contribution in [3.63, 3.8) is 0 Å². The highest BCUT2D eigenvalue weighted by Crippen LogP contribution is 2.38. The van der Waals surface area contributed by atoms with Gasteiger partial charge in [0.2, 0.25) is 17.7 Å². The summed E-state index contributed by atoms with van der Waals surface area (Å²) < 4.78 is 0. The number of phenols is 1. The lowest BCUT2D eigenvalue weighted by molar-refractivity contribution is -0.144. The van der Waals surface area contributed by atoms with Crippen molar-refractivity contribution in [3.05, 3.63) is 65.7 Å². The number of nitrogens with one attached hydrogen (secondary N) is 3. The van der Waals surface area contributed by atoms with Crippen molar-refractivity contribution in [2.45, 2.75) is 127 Å². The number of fused-ring (bicyclic) bond motifs is 3. The minimum Gasteiger partial charge on any atom is -0.507 e. The fourth-order valence-electron chi connectivity index (χ4n) is 11.8. The number of phenolic OH excluding ortho intramolecular Hbond substituents is 1. The predicted octanol–water partition coefficient (Wildman–Crippen LogP) is 4.04. The first-order valence-corrected chi connectivity index (χ1v) is 24.8. The van der Waals surface area contributed by atoms with Crippen LogP contribution in [0.4, 0.5) is 11.5 Å². The van der Waals surface area contributed by atoms with Crippen LogP contribution in [0.25, 0.3) is 11.3 Å². The average molecular weight is 915 g/mol. The summed E-state index contributed by atoms with van der Waals surface area (Å²) in [5.41, 5.74) is 3.49. The van der Waals surface area contributed by atoms with E-state index >= 15 is 0 Å². The normalized spacial score (nSPS) is 26.2. The van der Waals surface area contributed by atoms with Crippen LogP contribution >= 0.6 is 0 Å². The van der Waals surface area contributed by atoms with Crippen LogP contribution in [0.1, 0.15) is 89.7 Å². The lowest BCUT2D eigenvalue weighted by Gasteiger charge is -2.50. The molecule has 6 heterocycles. The maximum Gasteiger partial charge on any atom is 0.246 e. The Balaban J connectivity index is 0.705. The average Bonchev–Trinajstić information content (AvgIpc) is 3.76. The van der Waals surface area contributed by atoms with Crippen LogP contribution in [-0.2, 0) is 20.9 Å². The lowest BCUT2D eigenvalue weighted by atomic mass is 9.82. The monoisotopic (exact) mass is 915 g/mol. The number of piperidine rings is 2. The summed E-state index contributed by atoms with van der Waals surface area (Å²) in [7, 11) is 0. The molecule has 4 atom stereocenters. The first kappa shape index (κ1) is 46.8. The number of piperazine rings is 1. The SMILES string of the molecule is C#Cc1ccc(CNC(=O)[C@@H]2C[C@@H](O)CN2C(=O)[C@@H](NC(=O)C2CCC(N3CCC(N4CCC(N5CCN6c7cc(-c8ccccc8O)nnc7NC[C@H]6C5)CC4)CC3)CC2)C(C)(C)C)cc1. The Hall–Kier alpha value is -5.27. The molecule has 358 valence electrons. The Morgan fingerprint density at radius 3 is 2.12 bits per heavy atom. The highest BCUT2D eigenvalue weighted by molar-refractivity contribution is 5.93. The Morgan fingerprint density at radius 2 is 1.46 bits per heavy atom. The first-order valence-electron chi connectivity index (χ1n) is 24.8. The second-order valence-electron chi connectivity index (χ2n) is 21.0. The molecule has 1 aliphatic carbocycles. The third-order valence-corrected chi connectivity index (χ3v) is 15.7. The van der Waals surface area contributed by atoms with Gasteiger partial charge in [-0.2, -0.15) is 0 Å². The molecule has 5 N–H and O–H groups in total. The predicted molar refractivity (Wildman–Crippen MR) is 259 cm³/mol. The maximum atomic E-state index is 14.2. The molecular formula is C52H70N10O5. The zero-order valence-electron chi connectivity index (χ0n) is 39.6. The van der Waals surface area contributed by atoms with Gasteiger partial charge in [-0.1, -0.05) is 51.0 Å². The second-order valence-corrected chi connectivity index (χ2v) is 21.0. The molecule has 1 saturated carbocycles. The topological polar surface area (TPSA) is 170 Å². The van der Waals surface area contributed by atoms with E-state index in [9.17, 15) is 24.6 Å². The van der Waals surface area contributed by atoms with Gasteiger partial charge in [0, 0.05) is 80.9 Å². The van der Waals surface area contributed by atoms with E-state index in [2.05, 4.69) is 57.7 Å². The molecule has 5 aliphatic heterocycles. The summed E-state index contributed by atoms with van der Waals surface area (Å²) in [4.78, 5) is 53.6. The molecule has 67 heavy (non-hydrogen) atoms. The number of likely N-dealkylation sites (tertiary alicyclic amines) is 3. The van der Waals surface area contributed by atoms with E-state index in [1.165, 1.54) is 30.6 Å². The van der Waals surface area contributed by atoms with Crippen molar-refractivity contribution in [1.29, 1.82) is 0 Å². The Bertz CT molecular complexity index is 2270. The van der Waals surface area contributed by atoms with Gasteiger partial charge in [-0.05, 0) is 119 Å². The standard InChI is InChI=1S/C52H70N10O5/c1-5-34-10-12-35(13-11-34)30-54-50(66)45-28-41(63)33-62(45)51(67)47(52(2,3)4)55-49(65)36-14-16-37(17-15-36)58-22-18-38(19-23-58)59-24-20-39(21-25-59)60-26-27-61-40(32-60)31-53-48-44(61)29-43(56-57-48)42-8-6-7-9-46(42)64/h1,6-13,29,36-41,45,47,63-64H,14-28,30-33H2,2-4H3,(H,53,57)(H,54,66)(H,55,65)/t36?,37?,40-,41+,45-,47+/m0/s1. The summed E-state index contributed by atoms with van der Waals surface area (Å²) in [5, 5.41) is 39.6. The van der Waals surface area contributed by atoms with Crippen LogP contribution in [0.3, 0.4) is 0 Å². The van der Waals surface area contributed by atoms with E-state index in [4.69, 9.17) is 6.42 Å². The molecule has 5 fully saturated rings. The number of terminal acetylenes is 1. The van der Waals surface area contributed by atoms with Gasteiger partial charge >= 0.3 is 0 Å². The van der Waals surface area contributed by atoms with E-state index in [-0.39, 0.29) is 48.9 Å². The third kappa shape index (κ3) is 10.4. The number of aromatic hydroxyl groups is 1. The highest BCUT2D eigenvalue weighted by atomic mass is 16.3. The Kier molecular flexibility index (Phi) is 14.1. The minimum atomic E-state index is -0.834. The highest BCUT2D eigenvalue weighted by Gasteiger charge is 2.46. The second kappa shape index (κ2) is 20.1. The minimum absolute atomic E-state index is 0.0467. The smallest absolute Gasteiger partial charge is 0.246 e. The summed E-state index contributed by atoms with van der Waals surface area (Å²) in [5.74, 6) is 2.70. The van der Waals surface area contributed by atoms with Crippen LogP contribution < -0.4 is 20.9 Å². The molecule has 6 aliphatic rings. The number of aromatic nitrogens is 2. The summed E-state index contributed by atoms with van der Waals surface area (Å²) in [6.07, 6.45) is 13.1. The van der Waals surface area contributed by atoms with E-state index < -0.39 is 23.6 Å². The van der Waals surface area contributed by atoms with Gasteiger partial charge in [0.1, 0.15) is 17.8 Å². The van der Waals surface area contributed by atoms with Crippen molar-refractivity contribution in [1.82, 2.24) is 40.4 Å². The van der Waals surface area contributed by atoms with Crippen molar-refractivity contribution >= 4 is 29.2 Å². The van der Waals surface area contributed by atoms with Gasteiger partial charge in [-0.25, -0.2) is 0 Å². The maximum absolute atomic E-state index is 14.2. The van der Waals surface area contributed by atoms with Crippen molar-refractivity contribution in [3.8, 4) is 29.4 Å². The number of amides is 3. The van der Waals surface area contributed by atoms with E-state index in [1.54, 1.807) is 6.07 Å². The molecular weight excluding hydrogens is 845 g/mol. The van der Waals surface area contributed by atoms with Crippen molar-refractivity contribution in [2.75, 3.05) is 69.1 Å². The van der Waals surface area contributed by atoms with Crippen LogP contribution in [0, 0.1) is 23.7 Å². The fourth-order valence-corrected chi connectivity index (χ4v) is 11.8. The number of benzene rings is 2. The number of β-amino-alcohol motifs (C(OH)–C–C–N with tert-alkyl or cyclic N) is 1. The van der Waals surface area contributed by atoms with E-state index in [1.807, 2.05) is 63.2 Å². The number of rotatable bonds is 10. The Labute approximate surface area is 396 Å². The van der Waals surface area contributed by atoms with Gasteiger partial charge < -0.3 is 45.8 Å². The van der Waals surface area contributed by atoms with Crippen LogP contribution in [0.2, 0.25) is 0 Å². The number of hydrogen-bond acceptors (Lipinski definition) is 12. The zero-order valence-corrected chi connectivity index (χ0v) is 39.6. The van der Waals surface area contributed by atoms with E-state index in [0.29, 0.717) is 35.4 Å². The summed E-state index contributed by atoms with van der Waals surface area (Å²) in [6.45, 7) is 14.5. The molecule has 2 aromatic carbocycles. The first-order chi connectivity index (χ1) is 32.3. The zero-order chi connectivity index (χ0) is 46.8. The molecule has 1 aromatic heterocycles. The number of aliphatic hydroxyl groups excluding tert-OH is 1. The molecule has 15 nitrogen and oxygen atoms in total. The summed E-state index contributed by atoms with van der Waals surface area (Å²) >= 11 is 0.